The van der Waals surface area contributed by atoms with E-state index in [1.807, 2.05) is 62.6 Å². The molecule has 3 aromatic rings. The Bertz CT molecular complexity index is 934. The number of benzene rings is 2. The standard InChI is InChI=1S/C19H21ClN4O/c1-23(2)17(13-8-10-14(20)11-9-13)12-21-18-15-6-4-5-7-16(15)19(25)24(3)22-18/h4-11,17H,12H2,1-3H3,(H,21,22). The summed E-state index contributed by atoms with van der Waals surface area (Å²) < 4.78 is 1.37. The van der Waals surface area contributed by atoms with E-state index >= 15 is 0 Å². The molecule has 3 rings (SSSR count). The van der Waals surface area contributed by atoms with Crippen molar-refractivity contribution < 1.29 is 0 Å². The third-order valence-electron chi connectivity index (χ3n) is 4.30. The number of hydrogen-bond donors (Lipinski definition) is 1. The molecule has 5 nitrogen and oxygen atoms in total. The van der Waals surface area contributed by atoms with Gasteiger partial charge in [0, 0.05) is 24.0 Å². The van der Waals surface area contributed by atoms with Gasteiger partial charge in [-0.1, -0.05) is 41.9 Å². The molecule has 0 radical (unpaired) electrons. The molecule has 1 heterocycles. The molecule has 1 atom stereocenters. The molecule has 25 heavy (non-hydrogen) atoms. The lowest BCUT2D eigenvalue weighted by Crippen LogP contribution is -2.28. The van der Waals surface area contributed by atoms with Gasteiger partial charge < -0.3 is 10.2 Å². The van der Waals surface area contributed by atoms with E-state index in [-0.39, 0.29) is 11.6 Å². The zero-order valence-corrected chi connectivity index (χ0v) is 15.3. The number of nitrogens with one attached hydrogen (secondary N) is 1. The highest BCUT2D eigenvalue weighted by molar-refractivity contribution is 6.30. The van der Waals surface area contributed by atoms with Crippen LogP contribution in [0.3, 0.4) is 0 Å². The van der Waals surface area contributed by atoms with E-state index in [4.69, 9.17) is 11.6 Å². The number of halogens is 1. The fourth-order valence-corrected chi connectivity index (χ4v) is 3.03. The second kappa shape index (κ2) is 7.25. The summed E-state index contributed by atoms with van der Waals surface area (Å²) in [5, 5.41) is 10.0. The molecule has 1 N–H and O–H groups in total. The Morgan fingerprint density at radius 2 is 1.76 bits per heavy atom. The van der Waals surface area contributed by atoms with E-state index < -0.39 is 0 Å². The van der Waals surface area contributed by atoms with Gasteiger partial charge in [0.1, 0.15) is 0 Å². The lowest BCUT2D eigenvalue weighted by atomic mass is 10.1. The highest BCUT2D eigenvalue weighted by Gasteiger charge is 2.15. The minimum absolute atomic E-state index is 0.0944. The maximum absolute atomic E-state index is 12.2. The van der Waals surface area contributed by atoms with Crippen LogP contribution in [0.4, 0.5) is 5.82 Å². The summed E-state index contributed by atoms with van der Waals surface area (Å²) in [6.45, 7) is 0.657. The van der Waals surface area contributed by atoms with Crippen LogP contribution >= 0.6 is 11.6 Å². The molecule has 0 saturated heterocycles. The molecule has 6 heteroatoms. The average molecular weight is 357 g/mol. The first-order valence-electron chi connectivity index (χ1n) is 8.09. The Hall–Kier alpha value is -2.37. The first kappa shape index (κ1) is 17.5. The fourth-order valence-electron chi connectivity index (χ4n) is 2.91. The number of nitrogens with zero attached hydrogens (tertiary/aromatic N) is 3. The summed E-state index contributed by atoms with van der Waals surface area (Å²) in [4.78, 5) is 14.4. The van der Waals surface area contributed by atoms with Crippen LogP contribution in [0.15, 0.2) is 53.3 Å². The summed E-state index contributed by atoms with van der Waals surface area (Å²) in [6, 6.07) is 15.5. The van der Waals surface area contributed by atoms with E-state index in [2.05, 4.69) is 15.3 Å². The van der Waals surface area contributed by atoms with Gasteiger partial charge in [-0.05, 0) is 37.9 Å². The number of hydrogen-bond acceptors (Lipinski definition) is 4. The SMILES string of the molecule is CN(C)C(CNc1nn(C)c(=O)c2ccccc12)c1ccc(Cl)cc1. The maximum atomic E-state index is 12.2. The second-order valence-corrected chi connectivity index (χ2v) is 6.67. The number of aryl methyl sites for hydroxylation is 1. The largest absolute Gasteiger partial charge is 0.366 e. The molecule has 1 unspecified atom stereocenters. The average Bonchev–Trinajstić information content (AvgIpc) is 2.60. The summed E-state index contributed by atoms with van der Waals surface area (Å²) in [6.07, 6.45) is 0. The Morgan fingerprint density at radius 3 is 2.40 bits per heavy atom. The Balaban J connectivity index is 1.91. The van der Waals surface area contributed by atoms with Crippen LogP contribution in [-0.2, 0) is 7.05 Å². The molecule has 0 saturated carbocycles. The van der Waals surface area contributed by atoms with E-state index in [0.717, 1.165) is 16.0 Å². The molecule has 0 bridgehead atoms. The summed E-state index contributed by atoms with van der Waals surface area (Å²) >= 11 is 5.99. The molecule has 0 amide bonds. The normalized spacial score (nSPS) is 12.5. The molecule has 0 aliphatic heterocycles. The summed E-state index contributed by atoms with van der Waals surface area (Å²) in [5.74, 6) is 0.707. The van der Waals surface area contributed by atoms with Gasteiger partial charge in [0.25, 0.3) is 5.56 Å². The van der Waals surface area contributed by atoms with Crippen molar-refractivity contribution in [1.82, 2.24) is 14.7 Å². The van der Waals surface area contributed by atoms with Gasteiger partial charge in [-0.2, -0.15) is 5.10 Å². The zero-order chi connectivity index (χ0) is 18.0. The monoisotopic (exact) mass is 356 g/mol. The van der Waals surface area contributed by atoms with E-state index in [1.54, 1.807) is 7.05 Å². The molecule has 130 valence electrons. The van der Waals surface area contributed by atoms with Gasteiger partial charge >= 0.3 is 0 Å². The van der Waals surface area contributed by atoms with E-state index in [1.165, 1.54) is 4.68 Å². The van der Waals surface area contributed by atoms with Crippen LogP contribution in [0.1, 0.15) is 11.6 Å². The molecule has 0 aliphatic carbocycles. The van der Waals surface area contributed by atoms with Crippen LogP contribution in [0.2, 0.25) is 5.02 Å². The van der Waals surface area contributed by atoms with Crippen molar-refractivity contribution in [3.8, 4) is 0 Å². The quantitative estimate of drug-likeness (QED) is 0.762. The predicted molar refractivity (Wildman–Crippen MR) is 103 cm³/mol. The number of fused-ring (bicyclic) bond motifs is 1. The van der Waals surface area contributed by atoms with Gasteiger partial charge in [-0.3, -0.25) is 4.79 Å². The van der Waals surface area contributed by atoms with Crippen molar-refractivity contribution in [2.24, 2.45) is 7.05 Å². The van der Waals surface area contributed by atoms with Crippen LogP contribution < -0.4 is 10.9 Å². The minimum Gasteiger partial charge on any atom is -0.366 e. The molecule has 0 fully saturated rings. The van der Waals surface area contributed by atoms with Crippen LogP contribution in [-0.4, -0.2) is 35.3 Å². The zero-order valence-electron chi connectivity index (χ0n) is 14.5. The number of anilines is 1. The molecular weight excluding hydrogens is 336 g/mol. The number of rotatable bonds is 5. The molecule has 2 aromatic carbocycles. The van der Waals surface area contributed by atoms with Crippen molar-refractivity contribution in [3.05, 3.63) is 69.5 Å². The second-order valence-electron chi connectivity index (χ2n) is 6.23. The van der Waals surface area contributed by atoms with Gasteiger partial charge in [-0.15, -0.1) is 0 Å². The van der Waals surface area contributed by atoms with Crippen molar-refractivity contribution in [2.45, 2.75) is 6.04 Å². The molecule has 0 spiro atoms. The first-order valence-corrected chi connectivity index (χ1v) is 8.47. The van der Waals surface area contributed by atoms with Crippen LogP contribution in [0, 0.1) is 0 Å². The topological polar surface area (TPSA) is 50.2 Å². The lowest BCUT2D eigenvalue weighted by molar-refractivity contribution is 0.311. The van der Waals surface area contributed by atoms with Crippen molar-refractivity contribution in [3.63, 3.8) is 0 Å². The lowest BCUT2D eigenvalue weighted by Gasteiger charge is -2.25. The van der Waals surface area contributed by atoms with E-state index in [9.17, 15) is 4.79 Å². The third-order valence-corrected chi connectivity index (χ3v) is 4.55. The highest BCUT2D eigenvalue weighted by Crippen LogP contribution is 2.23. The van der Waals surface area contributed by atoms with Crippen LogP contribution in [0.25, 0.3) is 10.8 Å². The van der Waals surface area contributed by atoms with E-state index in [0.29, 0.717) is 17.7 Å². The smallest absolute Gasteiger partial charge is 0.274 e. The molecule has 0 aliphatic rings. The maximum Gasteiger partial charge on any atom is 0.274 e. The number of aromatic nitrogens is 2. The van der Waals surface area contributed by atoms with Gasteiger partial charge in [-0.25, -0.2) is 4.68 Å². The third kappa shape index (κ3) is 3.67. The van der Waals surface area contributed by atoms with Crippen molar-refractivity contribution >= 4 is 28.2 Å². The Kier molecular flexibility index (Phi) is 5.06. The molecular formula is C19H21ClN4O. The Labute approximate surface area is 151 Å². The minimum atomic E-state index is -0.0944. The van der Waals surface area contributed by atoms with Crippen molar-refractivity contribution in [2.75, 3.05) is 26.0 Å². The predicted octanol–water partition coefficient (Wildman–Crippen LogP) is 3.30. The van der Waals surface area contributed by atoms with Crippen LogP contribution in [0.5, 0.6) is 0 Å². The summed E-state index contributed by atoms with van der Waals surface area (Å²) in [7, 11) is 5.74. The van der Waals surface area contributed by atoms with Gasteiger partial charge in [0.2, 0.25) is 0 Å². The highest BCUT2D eigenvalue weighted by atomic mass is 35.5. The number of likely N-dealkylation sites (N-methyl/N-ethyl adjacent to an activating group) is 1. The first-order chi connectivity index (χ1) is 12.0. The van der Waals surface area contributed by atoms with Crippen molar-refractivity contribution in [1.29, 1.82) is 0 Å². The Morgan fingerprint density at radius 1 is 1.12 bits per heavy atom. The van der Waals surface area contributed by atoms with Gasteiger partial charge in [0.05, 0.1) is 11.4 Å². The van der Waals surface area contributed by atoms with Gasteiger partial charge in [0.15, 0.2) is 5.82 Å². The molecule has 1 aromatic heterocycles. The fraction of sp³-hybridized carbons (Fsp3) is 0.263. The summed E-state index contributed by atoms with van der Waals surface area (Å²) in [5.41, 5.74) is 1.07.